The number of carbonyl (C=O) groups excluding carboxylic acids is 1. The van der Waals surface area contributed by atoms with E-state index in [2.05, 4.69) is 81.2 Å². The van der Waals surface area contributed by atoms with E-state index in [0.717, 1.165) is 18.7 Å². The van der Waals surface area contributed by atoms with Crippen molar-refractivity contribution in [3.8, 4) is 5.75 Å². The standard InChI is InChI=1S/C24H34N2O2/c1-7-26(8-2)21-13-9-19(10-14-21)17-25-23(27)18(3)28-22-15-11-20(12-16-22)24(4,5)6/h9-16,18H,7-8,17H2,1-6H3,(H,25,27)/t18-/m1/s1. The Hall–Kier alpha value is -2.49. The average molecular weight is 383 g/mol. The lowest BCUT2D eigenvalue weighted by atomic mass is 9.87. The molecule has 0 bridgehead atoms. The van der Waals surface area contributed by atoms with Crippen LogP contribution in [-0.4, -0.2) is 25.1 Å². The molecule has 2 aromatic carbocycles. The Balaban J connectivity index is 1.87. The van der Waals surface area contributed by atoms with Crippen molar-refractivity contribution in [3.63, 3.8) is 0 Å². The monoisotopic (exact) mass is 382 g/mol. The second-order valence-corrected chi connectivity index (χ2v) is 8.09. The summed E-state index contributed by atoms with van der Waals surface area (Å²) in [7, 11) is 0. The van der Waals surface area contributed by atoms with Crippen molar-refractivity contribution in [2.75, 3.05) is 18.0 Å². The normalized spacial score (nSPS) is 12.4. The summed E-state index contributed by atoms with van der Waals surface area (Å²) < 4.78 is 5.79. The number of rotatable bonds is 8. The van der Waals surface area contributed by atoms with Crippen molar-refractivity contribution in [2.45, 2.75) is 59.6 Å². The lowest BCUT2D eigenvalue weighted by Crippen LogP contribution is -2.35. The highest BCUT2D eigenvalue weighted by molar-refractivity contribution is 5.80. The fourth-order valence-corrected chi connectivity index (χ4v) is 3.04. The smallest absolute Gasteiger partial charge is 0.261 e. The maximum Gasteiger partial charge on any atom is 0.261 e. The van der Waals surface area contributed by atoms with Gasteiger partial charge in [0.15, 0.2) is 6.10 Å². The van der Waals surface area contributed by atoms with Gasteiger partial charge in [0.25, 0.3) is 5.91 Å². The van der Waals surface area contributed by atoms with Gasteiger partial charge in [0.1, 0.15) is 5.75 Å². The molecular formula is C24H34N2O2. The Morgan fingerprint density at radius 1 is 1.00 bits per heavy atom. The van der Waals surface area contributed by atoms with Crippen LogP contribution in [0.2, 0.25) is 0 Å². The molecule has 0 saturated heterocycles. The zero-order valence-corrected chi connectivity index (χ0v) is 18.1. The Bertz CT molecular complexity index is 742. The minimum Gasteiger partial charge on any atom is -0.481 e. The minimum atomic E-state index is -0.546. The first-order valence-electron chi connectivity index (χ1n) is 10.1. The molecule has 2 aromatic rings. The van der Waals surface area contributed by atoms with Crippen LogP contribution < -0.4 is 15.0 Å². The van der Waals surface area contributed by atoms with Gasteiger partial charge in [-0.25, -0.2) is 0 Å². The fourth-order valence-electron chi connectivity index (χ4n) is 3.04. The van der Waals surface area contributed by atoms with Crippen LogP contribution in [0.25, 0.3) is 0 Å². The third-order valence-electron chi connectivity index (χ3n) is 4.93. The molecule has 0 aliphatic carbocycles. The maximum atomic E-state index is 12.4. The van der Waals surface area contributed by atoms with Gasteiger partial charge in [-0.1, -0.05) is 45.0 Å². The van der Waals surface area contributed by atoms with Crippen molar-refractivity contribution in [2.24, 2.45) is 0 Å². The average Bonchev–Trinajstić information content (AvgIpc) is 2.67. The maximum absolute atomic E-state index is 12.4. The lowest BCUT2D eigenvalue weighted by Gasteiger charge is -2.21. The second kappa shape index (κ2) is 9.63. The first kappa shape index (κ1) is 21.8. The molecule has 0 saturated carbocycles. The first-order chi connectivity index (χ1) is 13.2. The van der Waals surface area contributed by atoms with Crippen molar-refractivity contribution in [3.05, 3.63) is 59.7 Å². The van der Waals surface area contributed by atoms with Crippen molar-refractivity contribution >= 4 is 11.6 Å². The summed E-state index contributed by atoms with van der Waals surface area (Å²) >= 11 is 0. The molecule has 0 aliphatic heterocycles. The van der Waals surface area contributed by atoms with Gasteiger partial charge in [0.2, 0.25) is 0 Å². The minimum absolute atomic E-state index is 0.0996. The lowest BCUT2D eigenvalue weighted by molar-refractivity contribution is -0.127. The molecule has 0 unspecified atom stereocenters. The van der Waals surface area contributed by atoms with E-state index in [1.165, 1.54) is 11.3 Å². The molecule has 0 heterocycles. The van der Waals surface area contributed by atoms with Gasteiger partial charge in [-0.05, 0) is 61.6 Å². The summed E-state index contributed by atoms with van der Waals surface area (Å²) in [5, 5.41) is 2.95. The highest BCUT2D eigenvalue weighted by Gasteiger charge is 2.16. The van der Waals surface area contributed by atoms with Crippen LogP contribution in [0.4, 0.5) is 5.69 Å². The summed E-state index contributed by atoms with van der Waals surface area (Å²) in [6, 6.07) is 16.3. The zero-order valence-electron chi connectivity index (χ0n) is 18.1. The van der Waals surface area contributed by atoms with Gasteiger partial charge >= 0.3 is 0 Å². The Labute approximate surface area is 169 Å². The van der Waals surface area contributed by atoms with Crippen molar-refractivity contribution in [1.29, 1.82) is 0 Å². The summed E-state index contributed by atoms with van der Waals surface area (Å²) in [4.78, 5) is 14.7. The Kier molecular flexibility index (Phi) is 7.50. The Morgan fingerprint density at radius 2 is 1.57 bits per heavy atom. The zero-order chi connectivity index (χ0) is 20.7. The molecule has 0 fully saturated rings. The SMILES string of the molecule is CCN(CC)c1ccc(CNC(=O)[C@@H](C)Oc2ccc(C(C)(C)C)cc2)cc1. The number of ether oxygens (including phenoxy) is 1. The van der Waals surface area contributed by atoms with E-state index < -0.39 is 6.10 Å². The number of benzene rings is 2. The van der Waals surface area contributed by atoms with Crippen LogP contribution >= 0.6 is 0 Å². The van der Waals surface area contributed by atoms with Crippen molar-refractivity contribution < 1.29 is 9.53 Å². The highest BCUT2D eigenvalue weighted by atomic mass is 16.5. The summed E-state index contributed by atoms with van der Waals surface area (Å²) in [6.45, 7) is 15.1. The van der Waals surface area contributed by atoms with E-state index in [9.17, 15) is 4.79 Å². The van der Waals surface area contributed by atoms with Gasteiger partial charge in [0.05, 0.1) is 0 Å². The molecule has 1 N–H and O–H groups in total. The number of hydrogen-bond acceptors (Lipinski definition) is 3. The highest BCUT2D eigenvalue weighted by Crippen LogP contribution is 2.24. The molecule has 0 aromatic heterocycles. The summed E-state index contributed by atoms with van der Waals surface area (Å²) in [5.41, 5.74) is 3.62. The van der Waals surface area contributed by atoms with Crippen LogP contribution in [0, 0.1) is 0 Å². The van der Waals surface area contributed by atoms with Crippen LogP contribution in [0.1, 0.15) is 52.7 Å². The predicted octanol–water partition coefficient (Wildman–Crippen LogP) is 4.91. The third kappa shape index (κ3) is 6.01. The Morgan fingerprint density at radius 3 is 2.07 bits per heavy atom. The molecule has 0 radical (unpaired) electrons. The van der Waals surface area contributed by atoms with Gasteiger partial charge in [-0.3, -0.25) is 4.79 Å². The quantitative estimate of drug-likeness (QED) is 0.705. The number of carbonyl (C=O) groups is 1. The molecule has 1 amide bonds. The second-order valence-electron chi connectivity index (χ2n) is 8.09. The molecule has 0 spiro atoms. The predicted molar refractivity (Wildman–Crippen MR) is 117 cm³/mol. The molecule has 4 nitrogen and oxygen atoms in total. The van der Waals surface area contributed by atoms with E-state index >= 15 is 0 Å². The number of anilines is 1. The molecule has 2 rings (SSSR count). The van der Waals surface area contributed by atoms with Crippen LogP contribution in [0.3, 0.4) is 0 Å². The molecule has 4 heteroatoms. The van der Waals surface area contributed by atoms with Gasteiger partial charge in [0, 0.05) is 25.3 Å². The van der Waals surface area contributed by atoms with E-state index in [0.29, 0.717) is 12.3 Å². The van der Waals surface area contributed by atoms with Gasteiger partial charge < -0.3 is 15.0 Å². The molecule has 28 heavy (non-hydrogen) atoms. The number of hydrogen-bond donors (Lipinski definition) is 1. The fraction of sp³-hybridized carbons (Fsp3) is 0.458. The molecular weight excluding hydrogens is 348 g/mol. The van der Waals surface area contributed by atoms with E-state index in [-0.39, 0.29) is 11.3 Å². The number of nitrogens with zero attached hydrogens (tertiary/aromatic N) is 1. The largest absolute Gasteiger partial charge is 0.481 e. The number of nitrogens with one attached hydrogen (secondary N) is 1. The molecule has 1 atom stereocenters. The topological polar surface area (TPSA) is 41.6 Å². The van der Waals surface area contributed by atoms with E-state index in [4.69, 9.17) is 4.74 Å². The van der Waals surface area contributed by atoms with Gasteiger partial charge in [-0.2, -0.15) is 0 Å². The van der Waals surface area contributed by atoms with E-state index in [1.807, 2.05) is 12.1 Å². The van der Waals surface area contributed by atoms with E-state index in [1.54, 1.807) is 6.92 Å². The summed E-state index contributed by atoms with van der Waals surface area (Å²) in [6.07, 6.45) is -0.546. The number of amides is 1. The first-order valence-corrected chi connectivity index (χ1v) is 10.1. The molecule has 152 valence electrons. The van der Waals surface area contributed by atoms with Gasteiger partial charge in [-0.15, -0.1) is 0 Å². The molecule has 0 aliphatic rings. The van der Waals surface area contributed by atoms with Crippen LogP contribution in [0.15, 0.2) is 48.5 Å². The third-order valence-corrected chi connectivity index (χ3v) is 4.93. The van der Waals surface area contributed by atoms with Crippen LogP contribution in [-0.2, 0) is 16.8 Å². The summed E-state index contributed by atoms with van der Waals surface area (Å²) in [5.74, 6) is 0.590. The van der Waals surface area contributed by atoms with Crippen LogP contribution in [0.5, 0.6) is 5.75 Å². The van der Waals surface area contributed by atoms with Crippen molar-refractivity contribution in [1.82, 2.24) is 5.32 Å².